The third-order valence-electron chi connectivity index (χ3n) is 3.37. The highest BCUT2D eigenvalue weighted by atomic mass is 79.9. The Morgan fingerprint density at radius 3 is 2.29 bits per heavy atom. The summed E-state index contributed by atoms with van der Waals surface area (Å²) in [5, 5.41) is 8.29. The maximum atomic E-state index is 4.15. The van der Waals surface area contributed by atoms with Crippen LogP contribution < -0.4 is 0 Å². The van der Waals surface area contributed by atoms with Crippen molar-refractivity contribution in [3.8, 4) is 11.1 Å². The Bertz CT molecular complexity index is 702. The highest BCUT2D eigenvalue weighted by Crippen LogP contribution is 2.20. The zero-order chi connectivity index (χ0) is 14.7. The van der Waals surface area contributed by atoms with Gasteiger partial charge in [-0.15, -0.1) is 5.10 Å². The van der Waals surface area contributed by atoms with Gasteiger partial charge in [-0.25, -0.2) is 4.68 Å². The molecule has 1 aromatic heterocycles. The van der Waals surface area contributed by atoms with Gasteiger partial charge in [0.15, 0.2) is 0 Å². The highest BCUT2D eigenvalue weighted by Gasteiger charge is 2.06. The number of halogens is 1. The third-order valence-corrected chi connectivity index (χ3v) is 3.84. The van der Waals surface area contributed by atoms with Crippen LogP contribution in [0.2, 0.25) is 0 Å². The van der Waals surface area contributed by atoms with Crippen LogP contribution in [0.4, 0.5) is 0 Å². The molecule has 4 heteroatoms. The number of alkyl halides is 1. The summed E-state index contributed by atoms with van der Waals surface area (Å²) >= 11 is 3.50. The van der Waals surface area contributed by atoms with Gasteiger partial charge in [0, 0.05) is 6.20 Å². The molecule has 2 aromatic carbocycles. The van der Waals surface area contributed by atoms with Crippen molar-refractivity contribution in [3.63, 3.8) is 0 Å². The molecule has 0 aliphatic rings. The number of nitrogens with zero attached hydrogens (tertiary/aromatic N) is 3. The molecule has 0 saturated heterocycles. The second-order valence-electron chi connectivity index (χ2n) is 5.02. The summed E-state index contributed by atoms with van der Waals surface area (Å²) in [7, 11) is 0. The molecule has 0 aliphatic heterocycles. The second-order valence-corrected chi connectivity index (χ2v) is 6.39. The van der Waals surface area contributed by atoms with Gasteiger partial charge in [-0.05, 0) is 23.6 Å². The van der Waals surface area contributed by atoms with E-state index in [4.69, 9.17) is 0 Å². The van der Waals surface area contributed by atoms with Gasteiger partial charge in [0.1, 0.15) is 0 Å². The summed E-state index contributed by atoms with van der Waals surface area (Å²) < 4.78 is 1.87. The Balaban J connectivity index is 1.75. The molecule has 0 fully saturated rings. The summed E-state index contributed by atoms with van der Waals surface area (Å²) in [6, 6.07) is 19.0. The minimum absolute atomic E-state index is 0.228. The van der Waals surface area contributed by atoms with E-state index in [1.54, 1.807) is 0 Å². The molecular weight excluding hydrogens is 326 g/mol. The van der Waals surface area contributed by atoms with Gasteiger partial charge >= 0.3 is 0 Å². The molecule has 0 bridgehead atoms. The monoisotopic (exact) mass is 341 g/mol. The van der Waals surface area contributed by atoms with E-state index in [1.807, 2.05) is 23.9 Å². The van der Waals surface area contributed by atoms with Crippen LogP contribution in [-0.2, 0) is 6.54 Å². The molecule has 0 aliphatic carbocycles. The summed E-state index contributed by atoms with van der Waals surface area (Å²) in [6.45, 7) is 2.78. The molecule has 1 unspecified atom stereocenters. The quantitative estimate of drug-likeness (QED) is 0.656. The van der Waals surface area contributed by atoms with Crippen LogP contribution in [0.25, 0.3) is 11.1 Å². The van der Waals surface area contributed by atoms with Crippen LogP contribution in [0.5, 0.6) is 0 Å². The average molecular weight is 342 g/mol. The fourth-order valence-electron chi connectivity index (χ4n) is 2.19. The lowest BCUT2D eigenvalue weighted by atomic mass is 10.0. The number of rotatable bonds is 4. The average Bonchev–Trinajstić information content (AvgIpc) is 2.98. The van der Waals surface area contributed by atoms with Gasteiger partial charge < -0.3 is 0 Å². The molecule has 1 heterocycles. The van der Waals surface area contributed by atoms with Crippen molar-refractivity contribution >= 4 is 15.9 Å². The SMILES string of the molecule is CC(Br)c1cn(Cc2ccc(-c3ccccc3)cc2)nn1. The Labute approximate surface area is 132 Å². The molecule has 3 aromatic rings. The first-order valence-electron chi connectivity index (χ1n) is 6.91. The lowest BCUT2D eigenvalue weighted by Gasteiger charge is -2.04. The van der Waals surface area contributed by atoms with Crippen LogP contribution in [0.15, 0.2) is 60.8 Å². The Morgan fingerprint density at radius 2 is 1.67 bits per heavy atom. The van der Waals surface area contributed by atoms with Crippen LogP contribution in [0.3, 0.4) is 0 Å². The van der Waals surface area contributed by atoms with E-state index < -0.39 is 0 Å². The summed E-state index contributed by atoms with van der Waals surface area (Å²) in [5.41, 5.74) is 4.64. The second kappa shape index (κ2) is 6.22. The fourth-order valence-corrected chi connectivity index (χ4v) is 2.40. The van der Waals surface area contributed by atoms with Gasteiger partial charge in [-0.1, -0.05) is 75.7 Å². The largest absolute Gasteiger partial charge is 0.248 e. The van der Waals surface area contributed by atoms with Crippen molar-refractivity contribution in [2.75, 3.05) is 0 Å². The van der Waals surface area contributed by atoms with E-state index in [9.17, 15) is 0 Å². The van der Waals surface area contributed by atoms with Gasteiger partial charge in [0.05, 0.1) is 17.1 Å². The zero-order valence-electron chi connectivity index (χ0n) is 11.8. The molecule has 21 heavy (non-hydrogen) atoms. The molecule has 0 radical (unpaired) electrons. The minimum atomic E-state index is 0.228. The van der Waals surface area contributed by atoms with Crippen LogP contribution >= 0.6 is 15.9 Å². The van der Waals surface area contributed by atoms with Gasteiger partial charge in [-0.3, -0.25) is 0 Å². The van der Waals surface area contributed by atoms with Gasteiger partial charge in [0.25, 0.3) is 0 Å². The van der Waals surface area contributed by atoms with E-state index in [2.05, 4.69) is 74.8 Å². The van der Waals surface area contributed by atoms with Crippen molar-refractivity contribution in [2.24, 2.45) is 0 Å². The number of hydrogen-bond donors (Lipinski definition) is 0. The highest BCUT2D eigenvalue weighted by molar-refractivity contribution is 9.09. The normalized spacial score (nSPS) is 12.3. The first-order chi connectivity index (χ1) is 10.2. The fraction of sp³-hybridized carbons (Fsp3) is 0.176. The molecule has 0 N–H and O–H groups in total. The van der Waals surface area contributed by atoms with Crippen LogP contribution in [-0.4, -0.2) is 15.0 Å². The summed E-state index contributed by atoms with van der Waals surface area (Å²) in [5.74, 6) is 0. The molecule has 0 amide bonds. The Hall–Kier alpha value is -1.94. The van der Waals surface area contributed by atoms with E-state index in [-0.39, 0.29) is 4.83 Å². The molecule has 0 spiro atoms. The summed E-state index contributed by atoms with van der Waals surface area (Å²) in [4.78, 5) is 0.228. The van der Waals surface area contributed by atoms with E-state index in [0.29, 0.717) is 0 Å². The van der Waals surface area contributed by atoms with E-state index in [1.165, 1.54) is 16.7 Å². The maximum absolute atomic E-state index is 4.15. The van der Waals surface area contributed by atoms with Gasteiger partial charge in [-0.2, -0.15) is 0 Å². The van der Waals surface area contributed by atoms with Crippen molar-refractivity contribution in [1.82, 2.24) is 15.0 Å². The molecule has 106 valence electrons. The number of benzene rings is 2. The van der Waals surface area contributed by atoms with E-state index in [0.717, 1.165) is 12.2 Å². The molecule has 0 saturated carbocycles. The Morgan fingerprint density at radius 1 is 1.00 bits per heavy atom. The molecular formula is C17H16BrN3. The van der Waals surface area contributed by atoms with Crippen molar-refractivity contribution in [2.45, 2.75) is 18.3 Å². The smallest absolute Gasteiger partial charge is 0.0960 e. The third kappa shape index (κ3) is 3.39. The lowest BCUT2D eigenvalue weighted by molar-refractivity contribution is 0.649. The molecule has 3 rings (SSSR count). The topological polar surface area (TPSA) is 30.7 Å². The van der Waals surface area contributed by atoms with Gasteiger partial charge in [0.2, 0.25) is 0 Å². The standard InChI is InChI=1S/C17H16BrN3/c1-13(18)17-12-21(20-19-17)11-14-7-9-16(10-8-14)15-5-3-2-4-6-15/h2-10,12-13H,11H2,1H3. The predicted molar refractivity (Wildman–Crippen MR) is 88.3 cm³/mol. The van der Waals surface area contributed by atoms with Crippen LogP contribution in [0.1, 0.15) is 23.0 Å². The van der Waals surface area contributed by atoms with Crippen molar-refractivity contribution in [1.29, 1.82) is 0 Å². The Kier molecular flexibility index (Phi) is 4.15. The van der Waals surface area contributed by atoms with Crippen molar-refractivity contribution in [3.05, 3.63) is 72.1 Å². The predicted octanol–water partition coefficient (Wildman–Crippen LogP) is 4.45. The van der Waals surface area contributed by atoms with Crippen molar-refractivity contribution < 1.29 is 0 Å². The molecule has 1 atom stereocenters. The zero-order valence-corrected chi connectivity index (χ0v) is 13.4. The van der Waals surface area contributed by atoms with E-state index >= 15 is 0 Å². The summed E-state index contributed by atoms with van der Waals surface area (Å²) in [6.07, 6.45) is 1.98. The molecule has 3 nitrogen and oxygen atoms in total. The van der Waals surface area contributed by atoms with Crippen LogP contribution in [0, 0.1) is 0 Å². The first kappa shape index (κ1) is 14.0. The number of aromatic nitrogens is 3. The minimum Gasteiger partial charge on any atom is -0.248 e. The lowest BCUT2D eigenvalue weighted by Crippen LogP contribution is -2.00. The number of hydrogen-bond acceptors (Lipinski definition) is 2. The first-order valence-corrected chi connectivity index (χ1v) is 7.82. The maximum Gasteiger partial charge on any atom is 0.0960 e.